The molecule has 0 radical (unpaired) electrons. The minimum Gasteiger partial charge on any atom is -0.494 e. The SMILES string of the molecule is COc1cc([C@H]2C[C@@H](NC(C)=O)C[C@@H](c3cccc4nsnc34)O2)ccc1F. The molecule has 1 aliphatic heterocycles. The highest BCUT2D eigenvalue weighted by Gasteiger charge is 2.33. The third kappa shape index (κ3) is 3.70. The van der Waals surface area contributed by atoms with Gasteiger partial charge in [0, 0.05) is 18.5 Å². The molecular formula is C20H20FN3O3S. The minimum absolute atomic E-state index is 0.0702. The molecule has 3 aromatic rings. The van der Waals surface area contributed by atoms with Gasteiger partial charge in [-0.2, -0.15) is 8.75 Å². The molecule has 0 spiro atoms. The zero-order chi connectivity index (χ0) is 19.7. The quantitative estimate of drug-likeness (QED) is 0.717. The highest BCUT2D eigenvalue weighted by atomic mass is 32.1. The van der Waals surface area contributed by atoms with Gasteiger partial charge in [-0.25, -0.2) is 4.39 Å². The summed E-state index contributed by atoms with van der Waals surface area (Å²) in [4.78, 5) is 11.7. The van der Waals surface area contributed by atoms with Crippen molar-refractivity contribution >= 4 is 28.7 Å². The fourth-order valence-corrected chi connectivity index (χ4v) is 4.26. The van der Waals surface area contributed by atoms with Crippen molar-refractivity contribution in [1.82, 2.24) is 14.1 Å². The van der Waals surface area contributed by atoms with Crippen LogP contribution in [0.3, 0.4) is 0 Å². The van der Waals surface area contributed by atoms with Gasteiger partial charge in [-0.3, -0.25) is 4.79 Å². The van der Waals surface area contributed by atoms with Crippen LogP contribution in [0.25, 0.3) is 11.0 Å². The Bertz CT molecular complexity index is 1010. The number of hydrogen-bond donors (Lipinski definition) is 1. The van der Waals surface area contributed by atoms with E-state index in [1.165, 1.54) is 20.1 Å². The number of carbonyl (C=O) groups is 1. The molecule has 8 heteroatoms. The van der Waals surface area contributed by atoms with Gasteiger partial charge in [0.25, 0.3) is 0 Å². The third-order valence-electron chi connectivity index (χ3n) is 4.94. The van der Waals surface area contributed by atoms with Crippen molar-refractivity contribution in [2.24, 2.45) is 0 Å². The molecule has 6 nitrogen and oxygen atoms in total. The van der Waals surface area contributed by atoms with Crippen molar-refractivity contribution in [1.29, 1.82) is 0 Å². The summed E-state index contributed by atoms with van der Waals surface area (Å²) in [6.45, 7) is 1.51. The van der Waals surface area contributed by atoms with Crippen molar-refractivity contribution in [2.45, 2.75) is 38.0 Å². The van der Waals surface area contributed by atoms with Crippen molar-refractivity contribution in [3.05, 3.63) is 53.3 Å². The van der Waals surface area contributed by atoms with Crippen LogP contribution in [0, 0.1) is 5.82 Å². The van der Waals surface area contributed by atoms with Gasteiger partial charge >= 0.3 is 0 Å². The zero-order valence-corrected chi connectivity index (χ0v) is 16.3. The molecule has 1 aliphatic rings. The maximum atomic E-state index is 13.8. The monoisotopic (exact) mass is 401 g/mol. The van der Waals surface area contributed by atoms with Crippen LogP contribution in [-0.2, 0) is 9.53 Å². The minimum atomic E-state index is -0.421. The van der Waals surface area contributed by atoms with Gasteiger partial charge in [0.1, 0.15) is 11.0 Å². The summed E-state index contributed by atoms with van der Waals surface area (Å²) in [6.07, 6.45) is 0.646. The number of nitrogens with zero attached hydrogens (tertiary/aromatic N) is 2. The summed E-state index contributed by atoms with van der Waals surface area (Å²) >= 11 is 1.16. The van der Waals surface area contributed by atoms with Crippen molar-refractivity contribution in [3.63, 3.8) is 0 Å². The number of hydrogen-bond acceptors (Lipinski definition) is 6. The average Bonchev–Trinajstić information content (AvgIpc) is 3.16. The number of fused-ring (bicyclic) bond motifs is 1. The molecule has 0 saturated carbocycles. The Labute approximate surface area is 166 Å². The normalized spacial score (nSPS) is 22.2. The van der Waals surface area contributed by atoms with E-state index in [0.29, 0.717) is 12.8 Å². The molecule has 1 fully saturated rings. The summed E-state index contributed by atoms with van der Waals surface area (Å²) in [5.41, 5.74) is 3.39. The molecule has 1 aromatic heterocycles. The first-order chi connectivity index (χ1) is 13.5. The number of aromatic nitrogens is 2. The Hall–Kier alpha value is -2.58. The molecule has 2 aromatic carbocycles. The van der Waals surface area contributed by atoms with Gasteiger partial charge in [-0.1, -0.05) is 18.2 Å². The number of nitrogens with one attached hydrogen (secondary N) is 1. The van der Waals surface area contributed by atoms with Crippen LogP contribution in [-0.4, -0.2) is 27.8 Å². The molecule has 2 heterocycles. The van der Waals surface area contributed by atoms with Crippen LogP contribution in [0.4, 0.5) is 4.39 Å². The second-order valence-electron chi connectivity index (χ2n) is 6.86. The lowest BCUT2D eigenvalue weighted by Gasteiger charge is -2.36. The van der Waals surface area contributed by atoms with Crippen molar-refractivity contribution in [3.8, 4) is 5.75 Å². The van der Waals surface area contributed by atoms with E-state index in [4.69, 9.17) is 9.47 Å². The number of halogens is 1. The largest absolute Gasteiger partial charge is 0.494 e. The average molecular weight is 401 g/mol. The van der Waals surface area contributed by atoms with E-state index < -0.39 is 5.82 Å². The van der Waals surface area contributed by atoms with Gasteiger partial charge in [-0.15, -0.1) is 0 Å². The van der Waals surface area contributed by atoms with E-state index in [0.717, 1.165) is 33.9 Å². The zero-order valence-electron chi connectivity index (χ0n) is 15.5. The Morgan fingerprint density at radius 3 is 2.86 bits per heavy atom. The topological polar surface area (TPSA) is 73.3 Å². The van der Waals surface area contributed by atoms with Gasteiger partial charge in [0.05, 0.1) is 31.0 Å². The first-order valence-corrected chi connectivity index (χ1v) is 9.75. The van der Waals surface area contributed by atoms with Crippen LogP contribution < -0.4 is 10.1 Å². The lowest BCUT2D eigenvalue weighted by atomic mass is 9.90. The van der Waals surface area contributed by atoms with Crippen LogP contribution in [0.15, 0.2) is 36.4 Å². The molecule has 1 amide bonds. The van der Waals surface area contributed by atoms with E-state index in [-0.39, 0.29) is 29.9 Å². The van der Waals surface area contributed by atoms with Gasteiger partial charge in [0.15, 0.2) is 11.6 Å². The first kappa shape index (κ1) is 18.8. The predicted octanol–water partition coefficient (Wildman–Crippen LogP) is 3.94. The van der Waals surface area contributed by atoms with Crippen molar-refractivity contribution < 1.29 is 18.7 Å². The number of methoxy groups -OCH3 is 1. The molecule has 0 bridgehead atoms. The predicted molar refractivity (Wildman–Crippen MR) is 104 cm³/mol. The fraction of sp³-hybridized carbons (Fsp3) is 0.350. The second kappa shape index (κ2) is 7.81. The summed E-state index contributed by atoms with van der Waals surface area (Å²) in [5, 5.41) is 3.01. The number of rotatable bonds is 4. The maximum absolute atomic E-state index is 13.8. The summed E-state index contributed by atoms with van der Waals surface area (Å²) in [5.74, 6) is -0.338. The van der Waals surface area contributed by atoms with Gasteiger partial charge in [0.2, 0.25) is 5.91 Å². The smallest absolute Gasteiger partial charge is 0.217 e. The van der Waals surface area contributed by atoms with E-state index in [9.17, 15) is 9.18 Å². The van der Waals surface area contributed by atoms with E-state index in [2.05, 4.69) is 14.1 Å². The summed E-state index contributed by atoms with van der Waals surface area (Å²) < 4.78 is 34.0. The number of amides is 1. The highest BCUT2D eigenvalue weighted by molar-refractivity contribution is 7.00. The van der Waals surface area contributed by atoms with Crippen LogP contribution in [0.5, 0.6) is 5.75 Å². The first-order valence-electron chi connectivity index (χ1n) is 9.02. The molecule has 1 saturated heterocycles. The molecule has 1 N–H and O–H groups in total. The van der Waals surface area contributed by atoms with Crippen LogP contribution >= 0.6 is 11.7 Å². The molecule has 28 heavy (non-hydrogen) atoms. The van der Waals surface area contributed by atoms with Gasteiger partial charge < -0.3 is 14.8 Å². The molecule has 0 aliphatic carbocycles. The maximum Gasteiger partial charge on any atom is 0.217 e. The van der Waals surface area contributed by atoms with Crippen LogP contribution in [0.1, 0.15) is 43.1 Å². The molecule has 146 valence electrons. The molecule has 3 atom stereocenters. The Balaban J connectivity index is 1.69. The number of ether oxygens (including phenoxy) is 2. The van der Waals surface area contributed by atoms with E-state index in [1.54, 1.807) is 12.1 Å². The number of carbonyl (C=O) groups excluding carboxylic acids is 1. The van der Waals surface area contributed by atoms with Crippen LogP contribution in [0.2, 0.25) is 0 Å². The fourth-order valence-electron chi connectivity index (χ4n) is 3.71. The third-order valence-corrected chi connectivity index (χ3v) is 5.49. The molecular weight excluding hydrogens is 381 g/mol. The molecule has 4 rings (SSSR count). The second-order valence-corrected chi connectivity index (χ2v) is 7.38. The summed E-state index contributed by atoms with van der Waals surface area (Å²) in [6, 6.07) is 10.5. The summed E-state index contributed by atoms with van der Waals surface area (Å²) in [7, 11) is 1.43. The lowest BCUT2D eigenvalue weighted by molar-refractivity contribution is -0.122. The Morgan fingerprint density at radius 2 is 2.07 bits per heavy atom. The standard InChI is InChI=1S/C20H20FN3O3S/c1-11(25)22-13-9-17(12-6-7-15(21)19(8-12)26-2)27-18(10-13)14-4-3-5-16-20(14)24-28-23-16/h3-8,13,17-18H,9-10H2,1-2H3,(H,22,25)/t13-,17-,18+/m1/s1. The molecule has 0 unspecified atom stereocenters. The Morgan fingerprint density at radius 1 is 1.25 bits per heavy atom. The van der Waals surface area contributed by atoms with Crippen molar-refractivity contribution in [2.75, 3.05) is 7.11 Å². The highest BCUT2D eigenvalue weighted by Crippen LogP contribution is 2.41. The number of benzene rings is 2. The van der Waals surface area contributed by atoms with E-state index >= 15 is 0 Å². The van der Waals surface area contributed by atoms with Gasteiger partial charge in [-0.05, 0) is 36.6 Å². The Kier molecular flexibility index (Phi) is 5.23. The van der Waals surface area contributed by atoms with E-state index in [1.807, 2.05) is 18.2 Å². The lowest BCUT2D eigenvalue weighted by Crippen LogP contribution is -2.39.